The van der Waals surface area contributed by atoms with Crippen molar-refractivity contribution in [1.29, 1.82) is 0 Å². The third-order valence-electron chi connectivity index (χ3n) is 0.942. The van der Waals surface area contributed by atoms with Crippen LogP contribution in [0, 0.1) is 6.92 Å². The summed E-state index contributed by atoms with van der Waals surface area (Å²) in [6, 6.07) is 2.02. The van der Waals surface area contributed by atoms with E-state index in [-0.39, 0.29) is 0 Å². The molecule has 44 valence electrons. The highest BCUT2D eigenvalue weighted by atomic mass is 32.1. The first-order valence-electron chi connectivity index (χ1n) is 2.42. The van der Waals surface area contributed by atoms with Crippen molar-refractivity contribution >= 4 is 11.3 Å². The van der Waals surface area contributed by atoms with E-state index in [0.717, 1.165) is 5.75 Å². The van der Waals surface area contributed by atoms with Crippen molar-refractivity contribution in [3.63, 3.8) is 0 Å². The number of thiophene rings is 1. The second-order valence-corrected chi connectivity index (χ2v) is 2.71. The topological polar surface area (TPSA) is 9.23 Å². The van der Waals surface area contributed by atoms with E-state index >= 15 is 0 Å². The second kappa shape index (κ2) is 2.18. The first-order valence-corrected chi connectivity index (χ1v) is 3.30. The first kappa shape index (κ1) is 5.63. The molecule has 0 bridgehead atoms. The largest absolute Gasteiger partial charge is 0.496 e. The molecule has 0 aromatic carbocycles. The van der Waals surface area contributed by atoms with Crippen LogP contribution < -0.4 is 4.74 Å². The summed E-state index contributed by atoms with van der Waals surface area (Å²) < 4.78 is 4.95. The Kier molecular flexibility index (Phi) is 1.53. The van der Waals surface area contributed by atoms with Crippen LogP contribution in [0.4, 0.5) is 0 Å². The average molecular weight is 128 g/mol. The summed E-state index contributed by atoms with van der Waals surface area (Å²) in [6.07, 6.45) is 0. The Balaban J connectivity index is 2.84. The lowest BCUT2D eigenvalue weighted by molar-refractivity contribution is 0.416. The maximum Gasteiger partial charge on any atom is 0.129 e. The third kappa shape index (κ3) is 1.01. The first-order chi connectivity index (χ1) is 3.83. The van der Waals surface area contributed by atoms with Crippen molar-refractivity contribution in [1.82, 2.24) is 0 Å². The number of aryl methyl sites for hydroxylation is 1. The van der Waals surface area contributed by atoms with E-state index in [9.17, 15) is 0 Å². The molecule has 1 aromatic rings. The molecule has 0 spiro atoms. The molecule has 0 fully saturated rings. The molecule has 0 radical (unpaired) electrons. The SMILES string of the molecule is COc1csc(C)c1. The maximum atomic E-state index is 4.95. The molecule has 0 atom stereocenters. The van der Waals surface area contributed by atoms with Gasteiger partial charge in [0.05, 0.1) is 7.11 Å². The highest BCUT2D eigenvalue weighted by molar-refractivity contribution is 7.10. The minimum absolute atomic E-state index is 0.965. The molecule has 0 aliphatic carbocycles. The molecule has 0 unspecified atom stereocenters. The molecule has 1 aromatic heterocycles. The summed E-state index contributed by atoms with van der Waals surface area (Å²) in [5.41, 5.74) is 0. The Labute approximate surface area is 52.9 Å². The van der Waals surface area contributed by atoms with Gasteiger partial charge in [-0.05, 0) is 13.0 Å². The summed E-state index contributed by atoms with van der Waals surface area (Å²) in [7, 11) is 1.68. The smallest absolute Gasteiger partial charge is 0.129 e. The van der Waals surface area contributed by atoms with Gasteiger partial charge in [0.1, 0.15) is 5.75 Å². The number of hydrogen-bond donors (Lipinski definition) is 0. The van der Waals surface area contributed by atoms with Crippen LogP contribution >= 0.6 is 11.3 Å². The fourth-order valence-electron chi connectivity index (χ4n) is 0.526. The molecule has 0 saturated carbocycles. The Hall–Kier alpha value is -0.500. The summed E-state index contributed by atoms with van der Waals surface area (Å²) >= 11 is 1.70. The monoisotopic (exact) mass is 128 g/mol. The van der Waals surface area contributed by atoms with Crippen molar-refractivity contribution < 1.29 is 4.74 Å². The lowest BCUT2D eigenvalue weighted by atomic mass is 10.5. The molecule has 1 heterocycles. The minimum Gasteiger partial charge on any atom is -0.496 e. The molecule has 0 N–H and O–H groups in total. The van der Waals surface area contributed by atoms with Gasteiger partial charge in [0, 0.05) is 10.3 Å². The van der Waals surface area contributed by atoms with Gasteiger partial charge in [0.15, 0.2) is 0 Å². The fraction of sp³-hybridized carbons (Fsp3) is 0.333. The van der Waals surface area contributed by atoms with E-state index in [1.165, 1.54) is 4.88 Å². The Morgan fingerprint density at radius 3 is 2.62 bits per heavy atom. The van der Waals surface area contributed by atoms with Gasteiger partial charge in [-0.3, -0.25) is 0 Å². The molecule has 0 aliphatic rings. The van der Waals surface area contributed by atoms with Crippen molar-refractivity contribution in [2.45, 2.75) is 6.92 Å². The quantitative estimate of drug-likeness (QED) is 0.562. The van der Waals surface area contributed by atoms with Gasteiger partial charge in [-0.15, -0.1) is 11.3 Å². The Morgan fingerprint density at radius 2 is 2.38 bits per heavy atom. The van der Waals surface area contributed by atoms with Crippen LogP contribution in [0.5, 0.6) is 5.75 Å². The molecule has 0 amide bonds. The highest BCUT2D eigenvalue weighted by Gasteiger charge is 1.90. The van der Waals surface area contributed by atoms with Crippen LogP contribution in [0.1, 0.15) is 4.88 Å². The summed E-state index contributed by atoms with van der Waals surface area (Å²) in [4.78, 5) is 1.29. The summed E-state index contributed by atoms with van der Waals surface area (Å²) in [6.45, 7) is 2.06. The van der Waals surface area contributed by atoms with Gasteiger partial charge in [0.25, 0.3) is 0 Å². The lowest BCUT2D eigenvalue weighted by Gasteiger charge is -1.87. The van der Waals surface area contributed by atoms with E-state index < -0.39 is 0 Å². The second-order valence-electron chi connectivity index (χ2n) is 1.60. The van der Waals surface area contributed by atoms with E-state index in [4.69, 9.17) is 4.74 Å². The van der Waals surface area contributed by atoms with Crippen LogP contribution in [0.2, 0.25) is 0 Å². The molecular formula is C6H8OS. The normalized spacial score (nSPS) is 9.25. The Morgan fingerprint density at radius 1 is 1.62 bits per heavy atom. The average Bonchev–Trinajstić information content (AvgIpc) is 2.14. The van der Waals surface area contributed by atoms with Gasteiger partial charge in [0.2, 0.25) is 0 Å². The highest BCUT2D eigenvalue weighted by Crippen LogP contribution is 2.19. The van der Waals surface area contributed by atoms with Gasteiger partial charge < -0.3 is 4.74 Å². The van der Waals surface area contributed by atoms with Crippen LogP contribution in [0.3, 0.4) is 0 Å². The molecular weight excluding hydrogens is 120 g/mol. The molecule has 0 saturated heterocycles. The predicted octanol–water partition coefficient (Wildman–Crippen LogP) is 2.07. The van der Waals surface area contributed by atoms with Gasteiger partial charge >= 0.3 is 0 Å². The Bertz CT molecular complexity index is 169. The van der Waals surface area contributed by atoms with Crippen molar-refractivity contribution in [2.75, 3.05) is 7.11 Å². The zero-order valence-electron chi connectivity index (χ0n) is 4.97. The van der Waals surface area contributed by atoms with Gasteiger partial charge in [-0.2, -0.15) is 0 Å². The van der Waals surface area contributed by atoms with E-state index in [1.54, 1.807) is 18.4 Å². The molecule has 2 heteroatoms. The standard InChI is InChI=1S/C6H8OS/c1-5-3-6(7-2)4-8-5/h3-4H,1-2H3. The van der Waals surface area contributed by atoms with Crippen LogP contribution in [-0.4, -0.2) is 7.11 Å². The molecule has 8 heavy (non-hydrogen) atoms. The molecule has 1 nitrogen and oxygen atoms in total. The van der Waals surface area contributed by atoms with E-state index in [2.05, 4.69) is 6.92 Å². The molecule has 1 rings (SSSR count). The van der Waals surface area contributed by atoms with E-state index in [1.807, 2.05) is 11.4 Å². The van der Waals surface area contributed by atoms with Crippen molar-refractivity contribution in [3.05, 3.63) is 16.3 Å². The van der Waals surface area contributed by atoms with E-state index in [0.29, 0.717) is 0 Å². The minimum atomic E-state index is 0.965. The number of ether oxygens (including phenoxy) is 1. The summed E-state index contributed by atoms with van der Waals surface area (Å²) in [5.74, 6) is 0.965. The number of methoxy groups -OCH3 is 1. The van der Waals surface area contributed by atoms with Crippen LogP contribution in [-0.2, 0) is 0 Å². The zero-order chi connectivity index (χ0) is 5.98. The number of hydrogen-bond acceptors (Lipinski definition) is 2. The molecule has 0 aliphatic heterocycles. The van der Waals surface area contributed by atoms with Crippen LogP contribution in [0.25, 0.3) is 0 Å². The predicted molar refractivity (Wildman–Crippen MR) is 35.6 cm³/mol. The van der Waals surface area contributed by atoms with Gasteiger partial charge in [-0.25, -0.2) is 0 Å². The zero-order valence-corrected chi connectivity index (χ0v) is 5.79. The maximum absolute atomic E-state index is 4.95. The van der Waals surface area contributed by atoms with Crippen molar-refractivity contribution in [2.24, 2.45) is 0 Å². The fourth-order valence-corrected chi connectivity index (χ4v) is 1.18. The lowest BCUT2D eigenvalue weighted by Crippen LogP contribution is -1.75. The number of rotatable bonds is 1. The van der Waals surface area contributed by atoms with Crippen LogP contribution in [0.15, 0.2) is 11.4 Å². The van der Waals surface area contributed by atoms with Gasteiger partial charge in [-0.1, -0.05) is 0 Å². The third-order valence-corrected chi connectivity index (χ3v) is 1.78. The summed E-state index contributed by atoms with van der Waals surface area (Å²) in [5, 5.41) is 2.00. The van der Waals surface area contributed by atoms with Crippen molar-refractivity contribution in [3.8, 4) is 5.75 Å².